The first kappa shape index (κ1) is 14.6. The van der Waals surface area contributed by atoms with Gasteiger partial charge in [0.2, 0.25) is 0 Å². The molecule has 94 valence electrons. The fourth-order valence-corrected chi connectivity index (χ4v) is 2.97. The van der Waals surface area contributed by atoms with Gasteiger partial charge in [0.05, 0.1) is 0 Å². The van der Waals surface area contributed by atoms with Gasteiger partial charge in [-0.2, -0.15) is 0 Å². The van der Waals surface area contributed by atoms with Crippen molar-refractivity contribution >= 4 is 42.0 Å². The standard InChI is InChI=1S/C6H22B6N6/c1-7-13-10(4)18(11(5)14-7)12-15-8(2)17(6)9(3)16-12/h13-16H,1-6H3. The van der Waals surface area contributed by atoms with Crippen LogP contribution in [0.4, 0.5) is 0 Å². The van der Waals surface area contributed by atoms with Crippen LogP contribution in [0.2, 0.25) is 34.1 Å². The van der Waals surface area contributed by atoms with Gasteiger partial charge < -0.3 is 29.9 Å². The molecule has 6 nitrogen and oxygen atoms in total. The lowest BCUT2D eigenvalue weighted by atomic mass is 9.41. The molecule has 0 amide bonds. The van der Waals surface area contributed by atoms with E-state index in [1.165, 1.54) is 0 Å². The maximum Gasteiger partial charge on any atom is 0.356 e. The van der Waals surface area contributed by atoms with Gasteiger partial charge in [-0.15, -0.1) is 0 Å². The van der Waals surface area contributed by atoms with Crippen LogP contribution in [0.3, 0.4) is 0 Å². The Hall–Kier alpha value is 0.150. The average molecular weight is 243 g/mol. The molecule has 2 saturated heterocycles. The van der Waals surface area contributed by atoms with Crippen molar-refractivity contribution in [2.75, 3.05) is 7.05 Å². The van der Waals surface area contributed by atoms with Gasteiger partial charge in [0.25, 0.3) is 34.9 Å². The van der Waals surface area contributed by atoms with Crippen LogP contribution in [0, 0.1) is 0 Å². The maximum atomic E-state index is 3.60. The summed E-state index contributed by atoms with van der Waals surface area (Å²) in [5.41, 5.74) is 0. The van der Waals surface area contributed by atoms with Gasteiger partial charge in [-0.3, -0.25) is 0 Å². The van der Waals surface area contributed by atoms with Gasteiger partial charge in [-0.1, -0.05) is 34.1 Å². The SMILES string of the molecule is CB1NB(C)N(B2NB(C)N(C)B(C)N2)B(C)N1. The Morgan fingerprint density at radius 2 is 1.11 bits per heavy atom. The molecule has 0 atom stereocenters. The van der Waals surface area contributed by atoms with Crippen LogP contribution in [-0.4, -0.2) is 58.4 Å². The zero-order chi connectivity index (χ0) is 13.4. The molecule has 0 unspecified atom stereocenters. The number of hydrogen-bond donors (Lipinski definition) is 4. The van der Waals surface area contributed by atoms with E-state index in [1.54, 1.807) is 0 Å². The molecule has 4 N–H and O–H groups in total. The smallest absolute Gasteiger partial charge is 0.356 e. The van der Waals surface area contributed by atoms with E-state index >= 15 is 0 Å². The third-order valence-electron chi connectivity index (χ3n) is 4.19. The third-order valence-corrected chi connectivity index (χ3v) is 4.19. The molecule has 18 heavy (non-hydrogen) atoms. The molecule has 12 heteroatoms. The quantitative estimate of drug-likeness (QED) is 0.407. The number of hydrogen-bond acceptors (Lipinski definition) is 6. The van der Waals surface area contributed by atoms with Crippen molar-refractivity contribution in [2.24, 2.45) is 0 Å². The van der Waals surface area contributed by atoms with Crippen LogP contribution in [0.1, 0.15) is 0 Å². The largest absolute Gasteiger partial charge is 0.373 e. The predicted molar refractivity (Wildman–Crippen MR) is 86.0 cm³/mol. The van der Waals surface area contributed by atoms with Gasteiger partial charge >= 0.3 is 7.12 Å². The highest BCUT2D eigenvalue weighted by atomic mass is 15.3. The van der Waals surface area contributed by atoms with Crippen LogP contribution in [-0.2, 0) is 0 Å². The molecule has 0 aromatic carbocycles. The summed E-state index contributed by atoms with van der Waals surface area (Å²) < 4.78 is 4.69. The molecule has 0 spiro atoms. The van der Waals surface area contributed by atoms with Crippen LogP contribution >= 0.6 is 0 Å². The molecule has 2 rings (SSSR count). The highest BCUT2D eigenvalue weighted by molar-refractivity contribution is 6.97. The van der Waals surface area contributed by atoms with Crippen LogP contribution < -0.4 is 20.6 Å². The molecule has 2 aliphatic rings. The first-order chi connectivity index (χ1) is 8.40. The molecule has 2 heterocycles. The monoisotopic (exact) mass is 244 g/mol. The summed E-state index contributed by atoms with van der Waals surface area (Å²) in [7, 11) is 2.32. The third kappa shape index (κ3) is 2.84. The van der Waals surface area contributed by atoms with Crippen molar-refractivity contribution in [2.45, 2.75) is 34.1 Å². The van der Waals surface area contributed by atoms with E-state index in [4.69, 9.17) is 0 Å². The lowest BCUT2D eigenvalue weighted by Crippen LogP contribution is -2.85. The Kier molecular flexibility index (Phi) is 4.56. The molecule has 2 aliphatic heterocycles. The maximum absolute atomic E-state index is 3.60. The van der Waals surface area contributed by atoms with Crippen molar-refractivity contribution in [1.29, 1.82) is 0 Å². The first-order valence-electron chi connectivity index (χ1n) is 6.93. The molecule has 0 saturated carbocycles. The van der Waals surface area contributed by atoms with E-state index in [0.29, 0.717) is 34.9 Å². The zero-order valence-electron chi connectivity index (χ0n) is 12.4. The van der Waals surface area contributed by atoms with Crippen molar-refractivity contribution in [3.8, 4) is 0 Å². The van der Waals surface area contributed by atoms with E-state index < -0.39 is 0 Å². The minimum Gasteiger partial charge on any atom is -0.373 e. The van der Waals surface area contributed by atoms with E-state index in [0.717, 1.165) is 0 Å². The lowest BCUT2D eigenvalue weighted by Gasteiger charge is -2.47. The Morgan fingerprint density at radius 1 is 0.667 bits per heavy atom. The Morgan fingerprint density at radius 3 is 1.56 bits per heavy atom. The van der Waals surface area contributed by atoms with E-state index in [-0.39, 0.29) is 7.12 Å². The molecule has 0 bridgehead atoms. The average Bonchev–Trinajstić information content (AvgIpc) is 2.24. The summed E-state index contributed by atoms with van der Waals surface area (Å²) >= 11 is 0. The highest BCUT2D eigenvalue weighted by Gasteiger charge is 2.45. The molecule has 0 aromatic heterocycles. The van der Waals surface area contributed by atoms with Gasteiger partial charge in [0.15, 0.2) is 0 Å². The highest BCUT2D eigenvalue weighted by Crippen LogP contribution is 2.07. The summed E-state index contributed by atoms with van der Waals surface area (Å²) in [4.78, 5) is 0. The Balaban J connectivity index is 2.06. The second kappa shape index (κ2) is 5.64. The molecular weight excluding hydrogens is 221 g/mol. The second-order valence-corrected chi connectivity index (χ2v) is 5.61. The van der Waals surface area contributed by atoms with Gasteiger partial charge in [0.1, 0.15) is 0 Å². The summed E-state index contributed by atoms with van der Waals surface area (Å²) in [5.74, 6) is 0. The number of nitrogens with one attached hydrogen (secondary N) is 4. The summed E-state index contributed by atoms with van der Waals surface area (Å²) in [6.07, 6.45) is 0. The number of rotatable bonds is 1. The van der Waals surface area contributed by atoms with E-state index in [1.807, 2.05) is 0 Å². The fraction of sp³-hybridized carbons (Fsp3) is 1.00. The summed E-state index contributed by atoms with van der Waals surface area (Å²) in [5, 5.41) is 14.2. The molecule has 2 fully saturated rings. The van der Waals surface area contributed by atoms with Gasteiger partial charge in [0, 0.05) is 0 Å². The normalized spacial score (nSPS) is 24.3. The Bertz CT molecular complexity index is 274. The van der Waals surface area contributed by atoms with Crippen LogP contribution in [0.15, 0.2) is 0 Å². The van der Waals surface area contributed by atoms with Gasteiger partial charge in [-0.05, 0) is 7.05 Å². The van der Waals surface area contributed by atoms with Crippen molar-refractivity contribution in [1.82, 2.24) is 29.9 Å². The minimum absolute atomic E-state index is 0.184. The van der Waals surface area contributed by atoms with E-state index in [2.05, 4.69) is 71.1 Å². The van der Waals surface area contributed by atoms with Crippen molar-refractivity contribution in [3.63, 3.8) is 0 Å². The van der Waals surface area contributed by atoms with Crippen LogP contribution in [0.25, 0.3) is 0 Å². The topological polar surface area (TPSA) is 54.6 Å². The Labute approximate surface area is 114 Å². The second-order valence-electron chi connectivity index (χ2n) is 5.61. The van der Waals surface area contributed by atoms with E-state index in [9.17, 15) is 0 Å². The number of nitrogens with zero attached hydrogens (tertiary/aromatic N) is 2. The summed E-state index contributed by atoms with van der Waals surface area (Å²) in [6, 6.07) is 0. The van der Waals surface area contributed by atoms with Crippen LogP contribution in [0.5, 0.6) is 0 Å². The zero-order valence-corrected chi connectivity index (χ0v) is 12.4. The predicted octanol–water partition coefficient (Wildman–Crippen LogP) is -1.82. The molecular formula is C6H22B6N6. The minimum atomic E-state index is 0.184. The van der Waals surface area contributed by atoms with Crippen molar-refractivity contribution < 1.29 is 0 Å². The molecule has 0 aliphatic carbocycles. The molecule has 0 aromatic rings. The van der Waals surface area contributed by atoms with Crippen molar-refractivity contribution in [3.05, 3.63) is 0 Å². The lowest BCUT2D eigenvalue weighted by molar-refractivity contribution is 0.734. The first-order valence-corrected chi connectivity index (χ1v) is 6.93. The summed E-state index contributed by atoms with van der Waals surface area (Å²) in [6.45, 7) is 12.7. The fourth-order valence-electron chi connectivity index (χ4n) is 2.97. The van der Waals surface area contributed by atoms with Gasteiger partial charge in [-0.25, -0.2) is 0 Å². The molecule has 0 radical (unpaired) electrons.